The SMILES string of the molecule is CCN1CCCC1C(Nc1nc(N)nc(Nc2ccc(OC)c(F)c2)n1)C1C=CCCCC1. The van der Waals surface area contributed by atoms with Crippen molar-refractivity contribution in [2.24, 2.45) is 5.92 Å². The molecule has 1 aliphatic carbocycles. The monoisotopic (exact) mass is 455 g/mol. The fourth-order valence-corrected chi connectivity index (χ4v) is 4.98. The smallest absolute Gasteiger partial charge is 0.233 e. The summed E-state index contributed by atoms with van der Waals surface area (Å²) in [5, 5.41) is 6.64. The Labute approximate surface area is 194 Å². The normalized spacial score (nSPS) is 22.0. The summed E-state index contributed by atoms with van der Waals surface area (Å²) in [4.78, 5) is 15.7. The molecule has 178 valence electrons. The maximum Gasteiger partial charge on any atom is 0.233 e. The average Bonchev–Trinajstić information content (AvgIpc) is 3.10. The van der Waals surface area contributed by atoms with Crippen molar-refractivity contribution < 1.29 is 9.13 Å². The third kappa shape index (κ3) is 5.71. The van der Waals surface area contributed by atoms with Crippen LogP contribution < -0.4 is 21.1 Å². The predicted molar refractivity (Wildman–Crippen MR) is 129 cm³/mol. The van der Waals surface area contributed by atoms with E-state index in [0.29, 0.717) is 23.6 Å². The molecule has 0 radical (unpaired) electrons. The van der Waals surface area contributed by atoms with Crippen molar-refractivity contribution >= 4 is 23.5 Å². The van der Waals surface area contributed by atoms with E-state index in [9.17, 15) is 4.39 Å². The van der Waals surface area contributed by atoms with E-state index >= 15 is 0 Å². The first-order chi connectivity index (χ1) is 16.1. The number of benzene rings is 1. The molecule has 4 rings (SSSR count). The second-order valence-corrected chi connectivity index (χ2v) is 8.70. The average molecular weight is 456 g/mol. The van der Waals surface area contributed by atoms with Gasteiger partial charge in [0.05, 0.1) is 13.2 Å². The summed E-state index contributed by atoms with van der Waals surface area (Å²) in [5.41, 5.74) is 6.51. The Morgan fingerprint density at radius 1 is 1.18 bits per heavy atom. The Balaban J connectivity index is 1.58. The molecule has 1 aromatic heterocycles. The number of methoxy groups -OCH3 is 1. The van der Waals surface area contributed by atoms with Crippen molar-refractivity contribution in [2.45, 2.75) is 57.5 Å². The van der Waals surface area contributed by atoms with Crippen LogP contribution in [0.25, 0.3) is 0 Å². The number of nitrogens with one attached hydrogen (secondary N) is 2. The highest BCUT2D eigenvalue weighted by Gasteiger charge is 2.35. The van der Waals surface area contributed by atoms with Crippen molar-refractivity contribution in [3.05, 3.63) is 36.2 Å². The number of ether oxygens (including phenoxy) is 1. The largest absolute Gasteiger partial charge is 0.494 e. The molecular weight excluding hydrogens is 421 g/mol. The maximum absolute atomic E-state index is 14.1. The number of hydrogen-bond acceptors (Lipinski definition) is 8. The summed E-state index contributed by atoms with van der Waals surface area (Å²) in [6.45, 7) is 4.36. The number of aromatic nitrogens is 3. The molecule has 4 N–H and O–H groups in total. The van der Waals surface area contributed by atoms with Crippen LogP contribution in [-0.2, 0) is 0 Å². The standard InChI is InChI=1S/C24H34FN7O/c1-3-32-14-8-11-19(32)21(16-9-6-4-5-7-10-16)28-24-30-22(26)29-23(31-24)27-17-12-13-20(33-2)18(25)15-17/h6,9,12-13,15-16,19,21H,3-5,7-8,10-11,14H2,1-2H3,(H4,26,27,28,29,30,31). The number of likely N-dealkylation sites (tertiary alicyclic amines) is 1. The molecule has 33 heavy (non-hydrogen) atoms. The first kappa shape index (κ1) is 23.2. The minimum atomic E-state index is -0.469. The zero-order valence-electron chi connectivity index (χ0n) is 19.4. The number of nitrogens with zero attached hydrogens (tertiary/aromatic N) is 4. The lowest BCUT2D eigenvalue weighted by Gasteiger charge is -2.35. The lowest BCUT2D eigenvalue weighted by Crippen LogP contribution is -2.47. The molecule has 1 saturated heterocycles. The van der Waals surface area contributed by atoms with Gasteiger partial charge in [0.2, 0.25) is 17.8 Å². The van der Waals surface area contributed by atoms with Gasteiger partial charge in [-0.3, -0.25) is 4.90 Å². The molecule has 1 aromatic carbocycles. The van der Waals surface area contributed by atoms with Crippen molar-refractivity contribution in [1.82, 2.24) is 19.9 Å². The van der Waals surface area contributed by atoms with E-state index in [1.165, 1.54) is 32.4 Å². The first-order valence-corrected chi connectivity index (χ1v) is 11.9. The molecule has 3 atom stereocenters. The lowest BCUT2D eigenvalue weighted by atomic mass is 9.88. The fourth-order valence-electron chi connectivity index (χ4n) is 4.98. The topological polar surface area (TPSA) is 101 Å². The number of likely N-dealkylation sites (N-methyl/N-ethyl adjacent to an activating group) is 1. The van der Waals surface area contributed by atoms with Gasteiger partial charge in [0.1, 0.15) is 0 Å². The molecule has 0 saturated carbocycles. The van der Waals surface area contributed by atoms with Gasteiger partial charge in [-0.25, -0.2) is 4.39 Å². The number of rotatable bonds is 8. The maximum atomic E-state index is 14.1. The van der Waals surface area contributed by atoms with Gasteiger partial charge in [0.25, 0.3) is 0 Å². The van der Waals surface area contributed by atoms with Gasteiger partial charge in [-0.05, 0) is 63.2 Å². The van der Waals surface area contributed by atoms with E-state index in [4.69, 9.17) is 10.5 Å². The second kappa shape index (κ2) is 10.8. The molecule has 2 aliphatic rings. The van der Waals surface area contributed by atoms with Crippen molar-refractivity contribution in [3.63, 3.8) is 0 Å². The molecule has 9 heteroatoms. The van der Waals surface area contributed by atoms with Gasteiger partial charge in [0, 0.05) is 17.8 Å². The molecular formula is C24H34FN7O. The number of anilines is 4. The third-order valence-electron chi connectivity index (χ3n) is 6.59. The molecule has 1 aliphatic heterocycles. The van der Waals surface area contributed by atoms with Crippen molar-refractivity contribution in [1.29, 1.82) is 0 Å². The predicted octanol–water partition coefficient (Wildman–Crippen LogP) is 4.36. The van der Waals surface area contributed by atoms with Crippen molar-refractivity contribution in [3.8, 4) is 5.75 Å². The highest BCUT2D eigenvalue weighted by molar-refractivity contribution is 5.56. The highest BCUT2D eigenvalue weighted by Crippen LogP contribution is 2.31. The quantitative estimate of drug-likeness (QED) is 0.505. The van der Waals surface area contributed by atoms with Gasteiger partial charge < -0.3 is 21.1 Å². The highest BCUT2D eigenvalue weighted by atomic mass is 19.1. The zero-order chi connectivity index (χ0) is 23.2. The molecule has 3 unspecified atom stereocenters. The summed E-state index contributed by atoms with van der Waals surface area (Å²) in [7, 11) is 1.43. The number of nitrogen functional groups attached to an aromatic ring is 1. The van der Waals surface area contributed by atoms with E-state index < -0.39 is 5.82 Å². The molecule has 0 spiro atoms. The number of hydrogen-bond donors (Lipinski definition) is 3. The number of nitrogens with two attached hydrogens (primary N) is 1. The Morgan fingerprint density at radius 3 is 2.82 bits per heavy atom. The van der Waals surface area contributed by atoms with Crippen LogP contribution in [-0.4, -0.2) is 52.1 Å². The summed E-state index contributed by atoms with van der Waals surface area (Å²) >= 11 is 0. The van der Waals surface area contributed by atoms with Gasteiger partial charge >= 0.3 is 0 Å². The van der Waals surface area contributed by atoms with Crippen molar-refractivity contribution in [2.75, 3.05) is 36.6 Å². The van der Waals surface area contributed by atoms with Crippen LogP contribution in [0.3, 0.4) is 0 Å². The van der Waals surface area contributed by atoms with Crippen LogP contribution in [0.15, 0.2) is 30.4 Å². The molecule has 1 fully saturated rings. The van der Waals surface area contributed by atoms with Crippen LogP contribution in [0.2, 0.25) is 0 Å². The van der Waals surface area contributed by atoms with Gasteiger partial charge in [-0.1, -0.05) is 25.5 Å². The van der Waals surface area contributed by atoms with Crippen LogP contribution in [0, 0.1) is 11.7 Å². The Morgan fingerprint density at radius 2 is 2.03 bits per heavy atom. The van der Waals surface area contributed by atoms with Gasteiger partial charge in [-0.15, -0.1) is 0 Å². The van der Waals surface area contributed by atoms with E-state index in [0.717, 1.165) is 32.4 Å². The summed E-state index contributed by atoms with van der Waals surface area (Å²) in [5.74, 6) is 0.916. The minimum absolute atomic E-state index is 0.109. The van der Waals surface area contributed by atoms with E-state index in [1.807, 2.05) is 0 Å². The first-order valence-electron chi connectivity index (χ1n) is 11.9. The third-order valence-corrected chi connectivity index (χ3v) is 6.59. The Hall–Kier alpha value is -2.94. The minimum Gasteiger partial charge on any atom is -0.494 e. The lowest BCUT2D eigenvalue weighted by molar-refractivity contribution is 0.218. The molecule has 2 aromatic rings. The van der Waals surface area contributed by atoms with Gasteiger partial charge in [0.15, 0.2) is 11.6 Å². The fraction of sp³-hybridized carbons (Fsp3) is 0.542. The molecule has 8 nitrogen and oxygen atoms in total. The van der Waals surface area contributed by atoms with Crippen LogP contribution >= 0.6 is 0 Å². The number of allylic oxidation sites excluding steroid dienone is 1. The van der Waals surface area contributed by atoms with E-state index in [-0.39, 0.29) is 23.7 Å². The summed E-state index contributed by atoms with van der Waals surface area (Å²) in [6.07, 6.45) is 11.7. The van der Waals surface area contributed by atoms with E-state index in [1.54, 1.807) is 12.1 Å². The second-order valence-electron chi connectivity index (χ2n) is 8.70. The zero-order valence-corrected chi connectivity index (χ0v) is 19.4. The van der Waals surface area contributed by atoms with Crippen LogP contribution in [0.5, 0.6) is 5.75 Å². The van der Waals surface area contributed by atoms with Crippen LogP contribution in [0.1, 0.15) is 45.4 Å². The number of halogens is 1. The molecule has 0 amide bonds. The molecule has 0 bridgehead atoms. The summed E-state index contributed by atoms with van der Waals surface area (Å²) < 4.78 is 19.1. The van der Waals surface area contributed by atoms with Gasteiger partial charge in [-0.2, -0.15) is 15.0 Å². The molecule has 2 heterocycles. The Bertz CT molecular complexity index is 970. The Kier molecular flexibility index (Phi) is 7.59. The summed E-state index contributed by atoms with van der Waals surface area (Å²) in [6, 6.07) is 5.17. The van der Waals surface area contributed by atoms with Crippen LogP contribution in [0.4, 0.5) is 27.9 Å². The van der Waals surface area contributed by atoms with E-state index in [2.05, 4.69) is 49.6 Å².